The second-order valence-corrected chi connectivity index (χ2v) is 5.31. The van der Waals surface area contributed by atoms with E-state index >= 15 is 0 Å². The number of benzene rings is 2. The van der Waals surface area contributed by atoms with Crippen LogP contribution in [0.3, 0.4) is 0 Å². The molecule has 0 fully saturated rings. The molecule has 3 N–H and O–H groups in total. The van der Waals surface area contributed by atoms with Gasteiger partial charge in [-0.1, -0.05) is 12.1 Å². The van der Waals surface area contributed by atoms with E-state index in [1.807, 2.05) is 6.07 Å². The molecule has 6 nitrogen and oxygen atoms in total. The van der Waals surface area contributed by atoms with Gasteiger partial charge in [0.2, 0.25) is 5.91 Å². The number of ether oxygens (including phenoxy) is 2. The molecule has 6 heteroatoms. The number of hydrogen-bond donors (Lipinski definition) is 3. The summed E-state index contributed by atoms with van der Waals surface area (Å²) < 4.78 is 10.4. The molecule has 2 aromatic carbocycles. The normalized spacial score (nSPS) is 10.6. The molecule has 0 spiro atoms. The number of carbonyl (C=O) groups is 1. The third kappa shape index (κ3) is 5.17. The fraction of sp³-hybridized carbons (Fsp3) is 0.211. The van der Waals surface area contributed by atoms with E-state index in [-0.39, 0.29) is 17.4 Å². The van der Waals surface area contributed by atoms with Gasteiger partial charge in [-0.2, -0.15) is 0 Å². The third-order valence-corrected chi connectivity index (χ3v) is 3.59. The summed E-state index contributed by atoms with van der Waals surface area (Å²) in [5, 5.41) is 21.5. The van der Waals surface area contributed by atoms with Crippen LogP contribution in [0.1, 0.15) is 11.1 Å². The van der Waals surface area contributed by atoms with E-state index in [0.717, 1.165) is 11.1 Å². The van der Waals surface area contributed by atoms with Gasteiger partial charge in [0.15, 0.2) is 23.0 Å². The number of carbonyl (C=O) groups excluding carboxylic acids is 1. The van der Waals surface area contributed by atoms with E-state index < -0.39 is 0 Å². The summed E-state index contributed by atoms with van der Waals surface area (Å²) in [6, 6.07) is 9.96. The van der Waals surface area contributed by atoms with E-state index in [9.17, 15) is 15.0 Å². The first-order valence-electron chi connectivity index (χ1n) is 7.72. The molecule has 0 aliphatic carbocycles. The first-order valence-corrected chi connectivity index (χ1v) is 7.72. The van der Waals surface area contributed by atoms with Crippen LogP contribution in [0.4, 0.5) is 0 Å². The molecule has 132 valence electrons. The van der Waals surface area contributed by atoms with Gasteiger partial charge in [-0.15, -0.1) is 0 Å². The van der Waals surface area contributed by atoms with Crippen LogP contribution < -0.4 is 14.8 Å². The summed E-state index contributed by atoms with van der Waals surface area (Å²) in [6.07, 6.45) is 3.67. The quantitative estimate of drug-likeness (QED) is 0.531. The Morgan fingerprint density at radius 3 is 2.48 bits per heavy atom. The minimum Gasteiger partial charge on any atom is -0.504 e. The maximum absolute atomic E-state index is 11.9. The predicted molar refractivity (Wildman–Crippen MR) is 95.1 cm³/mol. The van der Waals surface area contributed by atoms with Gasteiger partial charge < -0.3 is 25.0 Å². The molecular weight excluding hydrogens is 322 g/mol. The number of nitrogens with one attached hydrogen (secondary N) is 1. The number of hydrogen-bond acceptors (Lipinski definition) is 5. The predicted octanol–water partition coefficient (Wildman–Crippen LogP) is 2.49. The zero-order valence-corrected chi connectivity index (χ0v) is 14.2. The van der Waals surface area contributed by atoms with Crippen molar-refractivity contribution >= 4 is 12.0 Å². The van der Waals surface area contributed by atoms with Crippen molar-refractivity contribution < 1.29 is 24.5 Å². The van der Waals surface area contributed by atoms with Gasteiger partial charge in [-0.05, 0) is 47.9 Å². The van der Waals surface area contributed by atoms with Gasteiger partial charge in [0.1, 0.15) is 0 Å². The molecule has 0 aliphatic rings. The summed E-state index contributed by atoms with van der Waals surface area (Å²) in [5.41, 5.74) is 1.63. The fourth-order valence-corrected chi connectivity index (χ4v) is 2.24. The molecule has 0 aliphatic heterocycles. The monoisotopic (exact) mass is 343 g/mol. The highest BCUT2D eigenvalue weighted by atomic mass is 16.5. The summed E-state index contributed by atoms with van der Waals surface area (Å²) in [4.78, 5) is 11.9. The van der Waals surface area contributed by atoms with Crippen molar-refractivity contribution in [1.82, 2.24) is 5.32 Å². The maximum atomic E-state index is 11.9. The van der Waals surface area contributed by atoms with Crippen LogP contribution in [0.5, 0.6) is 23.0 Å². The average Bonchev–Trinajstić information content (AvgIpc) is 2.62. The molecule has 0 atom stereocenters. The number of amides is 1. The highest BCUT2D eigenvalue weighted by Gasteiger charge is 2.04. The van der Waals surface area contributed by atoms with Crippen molar-refractivity contribution in [3.63, 3.8) is 0 Å². The van der Waals surface area contributed by atoms with Crippen molar-refractivity contribution in [3.8, 4) is 23.0 Å². The van der Waals surface area contributed by atoms with Crippen LogP contribution in [0, 0.1) is 0 Å². The lowest BCUT2D eigenvalue weighted by Crippen LogP contribution is -2.23. The topological polar surface area (TPSA) is 88.0 Å². The summed E-state index contributed by atoms with van der Waals surface area (Å²) in [5.74, 6) is 0.666. The fourth-order valence-electron chi connectivity index (χ4n) is 2.24. The Balaban J connectivity index is 1.87. The zero-order valence-electron chi connectivity index (χ0n) is 14.2. The smallest absolute Gasteiger partial charge is 0.244 e. The summed E-state index contributed by atoms with van der Waals surface area (Å²) in [7, 11) is 3.12. The lowest BCUT2D eigenvalue weighted by atomic mass is 10.1. The van der Waals surface area contributed by atoms with Crippen LogP contribution in [-0.4, -0.2) is 36.9 Å². The number of phenolic OH excluding ortho intramolecular Hbond substituents is 2. The van der Waals surface area contributed by atoms with Gasteiger partial charge in [0.05, 0.1) is 14.2 Å². The first-order chi connectivity index (χ1) is 12.0. The zero-order chi connectivity index (χ0) is 18.2. The number of methoxy groups -OCH3 is 2. The van der Waals surface area contributed by atoms with E-state index in [1.54, 1.807) is 38.5 Å². The van der Waals surface area contributed by atoms with Crippen molar-refractivity contribution in [2.45, 2.75) is 6.42 Å². The molecule has 0 saturated heterocycles. The number of phenols is 2. The number of rotatable bonds is 7. The Kier molecular flexibility index (Phi) is 6.28. The molecule has 25 heavy (non-hydrogen) atoms. The molecular formula is C19H21NO5. The largest absolute Gasteiger partial charge is 0.504 e. The molecule has 0 bridgehead atoms. The molecule has 1 amide bonds. The Labute approximate surface area is 146 Å². The molecule has 0 unspecified atom stereocenters. The van der Waals surface area contributed by atoms with Crippen molar-refractivity contribution in [2.24, 2.45) is 0 Å². The van der Waals surface area contributed by atoms with Crippen molar-refractivity contribution in [1.29, 1.82) is 0 Å². The van der Waals surface area contributed by atoms with Crippen LogP contribution >= 0.6 is 0 Å². The van der Waals surface area contributed by atoms with Crippen LogP contribution in [0.25, 0.3) is 6.08 Å². The summed E-state index contributed by atoms with van der Waals surface area (Å²) in [6.45, 7) is 0.416. The highest BCUT2D eigenvalue weighted by Crippen LogP contribution is 2.28. The minimum atomic E-state index is -0.224. The standard InChI is InChI=1S/C19H21NO5/c1-24-17-7-4-13(12-18(17)25-2)5-8-19(23)20-10-9-14-3-6-15(21)16(22)11-14/h3-8,11-12,21-22H,9-10H2,1-2H3,(H,20,23)/b8-5+. The van der Waals surface area contributed by atoms with Gasteiger partial charge in [-0.3, -0.25) is 4.79 Å². The minimum absolute atomic E-state index is 0.161. The summed E-state index contributed by atoms with van der Waals surface area (Å²) >= 11 is 0. The molecule has 0 heterocycles. The van der Waals surface area contributed by atoms with Gasteiger partial charge in [-0.25, -0.2) is 0 Å². The van der Waals surface area contributed by atoms with E-state index in [1.165, 1.54) is 18.2 Å². The second kappa shape index (κ2) is 8.63. The number of aromatic hydroxyl groups is 2. The molecule has 0 saturated carbocycles. The van der Waals surface area contributed by atoms with Crippen LogP contribution in [-0.2, 0) is 11.2 Å². The van der Waals surface area contributed by atoms with E-state index in [2.05, 4.69) is 5.32 Å². The van der Waals surface area contributed by atoms with E-state index in [4.69, 9.17) is 9.47 Å². The molecule has 0 radical (unpaired) electrons. The van der Waals surface area contributed by atoms with Crippen molar-refractivity contribution in [2.75, 3.05) is 20.8 Å². The van der Waals surface area contributed by atoms with E-state index in [0.29, 0.717) is 24.5 Å². The van der Waals surface area contributed by atoms with Crippen LogP contribution in [0.2, 0.25) is 0 Å². The Morgan fingerprint density at radius 2 is 1.80 bits per heavy atom. The Hall–Kier alpha value is -3.15. The molecule has 2 aromatic rings. The maximum Gasteiger partial charge on any atom is 0.244 e. The molecule has 2 rings (SSSR count). The lowest BCUT2D eigenvalue weighted by Gasteiger charge is -2.07. The SMILES string of the molecule is COc1ccc(/C=C/C(=O)NCCc2ccc(O)c(O)c2)cc1OC. The molecule has 0 aromatic heterocycles. The highest BCUT2D eigenvalue weighted by molar-refractivity contribution is 5.91. The Bertz CT molecular complexity index is 770. The second-order valence-electron chi connectivity index (χ2n) is 5.31. The van der Waals surface area contributed by atoms with Crippen molar-refractivity contribution in [3.05, 3.63) is 53.6 Å². The van der Waals surface area contributed by atoms with Gasteiger partial charge in [0, 0.05) is 12.6 Å². The van der Waals surface area contributed by atoms with Gasteiger partial charge >= 0.3 is 0 Å². The first kappa shape index (κ1) is 18.2. The van der Waals surface area contributed by atoms with Gasteiger partial charge in [0.25, 0.3) is 0 Å². The average molecular weight is 343 g/mol. The van der Waals surface area contributed by atoms with Crippen LogP contribution in [0.15, 0.2) is 42.5 Å². The third-order valence-electron chi connectivity index (χ3n) is 3.59. The Morgan fingerprint density at radius 1 is 1.04 bits per heavy atom. The lowest BCUT2D eigenvalue weighted by molar-refractivity contribution is -0.116.